The van der Waals surface area contributed by atoms with Crippen LogP contribution in [0.5, 0.6) is 0 Å². The lowest BCUT2D eigenvalue weighted by Gasteiger charge is -2.32. The zero-order chi connectivity index (χ0) is 18.4. The van der Waals surface area contributed by atoms with Crippen LogP contribution in [0.1, 0.15) is 51.5 Å². The highest BCUT2D eigenvalue weighted by molar-refractivity contribution is 5.87. The van der Waals surface area contributed by atoms with Crippen molar-refractivity contribution in [1.82, 2.24) is 4.90 Å². The molecule has 0 N–H and O–H groups in total. The summed E-state index contributed by atoms with van der Waals surface area (Å²) in [6.07, 6.45) is 7.85. The van der Waals surface area contributed by atoms with Crippen molar-refractivity contribution >= 4 is 10.8 Å². The normalized spacial score (nSPS) is 17.4. The van der Waals surface area contributed by atoms with Crippen LogP contribution in [0.25, 0.3) is 10.8 Å². The van der Waals surface area contributed by atoms with E-state index in [2.05, 4.69) is 73.4 Å². The number of rotatable bonds is 6. The van der Waals surface area contributed by atoms with Gasteiger partial charge in [-0.25, -0.2) is 0 Å². The van der Waals surface area contributed by atoms with E-state index in [1.165, 1.54) is 54.3 Å². The molecule has 0 unspecified atom stereocenters. The zero-order valence-electron chi connectivity index (χ0n) is 16.2. The number of nitrogens with zero attached hydrogens (tertiary/aromatic N) is 2. The number of hydrogen-bond donors (Lipinski definition) is 0. The monoisotopic (exact) mass is 346 g/mol. The minimum Gasteiger partial charge on any atom is -0.303 e. The Balaban J connectivity index is 1.98. The van der Waals surface area contributed by atoms with Crippen molar-refractivity contribution in [2.45, 2.75) is 51.4 Å². The van der Waals surface area contributed by atoms with Crippen molar-refractivity contribution in [3.63, 3.8) is 0 Å². The van der Waals surface area contributed by atoms with E-state index in [0.717, 1.165) is 19.4 Å². The van der Waals surface area contributed by atoms with Gasteiger partial charge >= 0.3 is 0 Å². The molecule has 2 aromatic carbocycles. The lowest BCUT2D eigenvalue weighted by Crippen LogP contribution is -2.35. The van der Waals surface area contributed by atoms with E-state index in [4.69, 9.17) is 0 Å². The summed E-state index contributed by atoms with van der Waals surface area (Å²) in [6, 6.07) is 17.6. The van der Waals surface area contributed by atoms with Crippen molar-refractivity contribution < 1.29 is 0 Å². The minimum atomic E-state index is -0.463. The maximum absolute atomic E-state index is 10.3. The molecule has 1 aliphatic rings. The molecular weight excluding hydrogens is 316 g/mol. The highest BCUT2D eigenvalue weighted by Crippen LogP contribution is 2.37. The molecule has 1 saturated heterocycles. The summed E-state index contributed by atoms with van der Waals surface area (Å²) in [5.74, 6) is 0. The van der Waals surface area contributed by atoms with Gasteiger partial charge < -0.3 is 4.90 Å². The van der Waals surface area contributed by atoms with Crippen LogP contribution in [0.4, 0.5) is 0 Å². The summed E-state index contributed by atoms with van der Waals surface area (Å²) in [5.41, 5.74) is 2.01. The summed E-state index contributed by atoms with van der Waals surface area (Å²) >= 11 is 0. The first kappa shape index (κ1) is 18.7. The van der Waals surface area contributed by atoms with Crippen molar-refractivity contribution in [3.05, 3.63) is 59.7 Å². The molecule has 0 spiro atoms. The average Bonchev–Trinajstić information content (AvgIpc) is 2.69. The third-order valence-corrected chi connectivity index (χ3v) is 5.68. The molecule has 1 atom stereocenters. The smallest absolute Gasteiger partial charge is 0.0874 e. The number of fused-ring (bicyclic) bond motifs is 1. The number of allylic oxidation sites excluding steroid dienone is 2. The Kier molecular flexibility index (Phi) is 6.12. The molecule has 0 radical (unpaired) electrons. The molecule has 0 aromatic heterocycles. The zero-order valence-corrected chi connectivity index (χ0v) is 16.2. The van der Waals surface area contributed by atoms with E-state index < -0.39 is 5.41 Å². The third kappa shape index (κ3) is 4.17. The first-order chi connectivity index (χ1) is 12.6. The fraction of sp³-hybridized carbons (Fsp3) is 0.458. The van der Waals surface area contributed by atoms with E-state index >= 15 is 0 Å². The quantitative estimate of drug-likeness (QED) is 0.615. The Bertz CT molecular complexity index is 799. The van der Waals surface area contributed by atoms with Crippen LogP contribution in [0.2, 0.25) is 0 Å². The van der Waals surface area contributed by atoms with Crippen LogP contribution < -0.4 is 0 Å². The van der Waals surface area contributed by atoms with E-state index in [-0.39, 0.29) is 0 Å². The molecule has 2 nitrogen and oxygen atoms in total. The lowest BCUT2D eigenvalue weighted by atomic mass is 9.73. The van der Waals surface area contributed by atoms with E-state index in [1.807, 2.05) is 0 Å². The van der Waals surface area contributed by atoms with Gasteiger partial charge in [0.2, 0.25) is 0 Å². The molecule has 0 bridgehead atoms. The van der Waals surface area contributed by atoms with Gasteiger partial charge in [-0.05, 0) is 75.5 Å². The van der Waals surface area contributed by atoms with Crippen LogP contribution in [0.15, 0.2) is 54.1 Å². The minimum absolute atomic E-state index is 0.463. The Labute approximate surface area is 158 Å². The van der Waals surface area contributed by atoms with Crippen LogP contribution in [-0.2, 0) is 5.41 Å². The third-order valence-electron chi connectivity index (χ3n) is 5.68. The van der Waals surface area contributed by atoms with Crippen molar-refractivity contribution in [1.29, 1.82) is 5.26 Å². The predicted molar refractivity (Wildman–Crippen MR) is 110 cm³/mol. The van der Waals surface area contributed by atoms with Gasteiger partial charge in [0.25, 0.3) is 0 Å². The van der Waals surface area contributed by atoms with Crippen LogP contribution >= 0.6 is 0 Å². The summed E-state index contributed by atoms with van der Waals surface area (Å²) in [7, 11) is 0. The number of benzene rings is 2. The van der Waals surface area contributed by atoms with Crippen molar-refractivity contribution in [3.8, 4) is 6.07 Å². The molecule has 2 aromatic rings. The average molecular weight is 347 g/mol. The highest BCUT2D eigenvalue weighted by Gasteiger charge is 2.33. The maximum atomic E-state index is 10.3. The second kappa shape index (κ2) is 8.52. The summed E-state index contributed by atoms with van der Waals surface area (Å²) < 4.78 is 0. The van der Waals surface area contributed by atoms with E-state index in [9.17, 15) is 5.26 Å². The van der Waals surface area contributed by atoms with E-state index in [0.29, 0.717) is 0 Å². The first-order valence-corrected chi connectivity index (χ1v) is 9.90. The Morgan fingerprint density at radius 1 is 1.08 bits per heavy atom. The summed E-state index contributed by atoms with van der Waals surface area (Å²) in [4.78, 5) is 2.54. The van der Waals surface area contributed by atoms with Gasteiger partial charge in [0, 0.05) is 0 Å². The fourth-order valence-corrected chi connectivity index (χ4v) is 4.06. The topological polar surface area (TPSA) is 27.0 Å². The maximum Gasteiger partial charge on any atom is 0.0874 e. The lowest BCUT2D eigenvalue weighted by molar-refractivity contribution is 0.213. The SMILES string of the molecule is CC(C)=CC[C@@](C#N)(CCN1CCCCC1)c1cccc2ccccc12. The van der Waals surface area contributed by atoms with Gasteiger partial charge in [-0.1, -0.05) is 60.5 Å². The Morgan fingerprint density at radius 2 is 1.81 bits per heavy atom. The Hall–Kier alpha value is -2.11. The largest absolute Gasteiger partial charge is 0.303 e. The van der Waals surface area contributed by atoms with Gasteiger partial charge in [-0.15, -0.1) is 0 Å². The molecule has 0 saturated carbocycles. The molecular formula is C24H30N2. The molecule has 0 amide bonds. The van der Waals surface area contributed by atoms with Crippen LogP contribution in [0.3, 0.4) is 0 Å². The molecule has 1 heterocycles. The molecule has 0 aliphatic carbocycles. The number of likely N-dealkylation sites (tertiary alicyclic amines) is 1. The molecule has 1 aliphatic heterocycles. The predicted octanol–water partition coefficient (Wildman–Crippen LogP) is 5.83. The van der Waals surface area contributed by atoms with Gasteiger partial charge in [0.15, 0.2) is 0 Å². The van der Waals surface area contributed by atoms with E-state index in [1.54, 1.807) is 0 Å². The van der Waals surface area contributed by atoms with Gasteiger partial charge in [0.1, 0.15) is 0 Å². The molecule has 2 heteroatoms. The second-order valence-electron chi connectivity index (χ2n) is 7.86. The van der Waals surface area contributed by atoms with Crippen molar-refractivity contribution in [2.75, 3.05) is 19.6 Å². The highest BCUT2D eigenvalue weighted by atomic mass is 15.1. The summed E-state index contributed by atoms with van der Waals surface area (Å²) in [5, 5.41) is 12.8. The van der Waals surface area contributed by atoms with Gasteiger partial charge in [-0.2, -0.15) is 5.26 Å². The van der Waals surface area contributed by atoms with Gasteiger partial charge in [0.05, 0.1) is 11.5 Å². The number of hydrogen-bond acceptors (Lipinski definition) is 2. The van der Waals surface area contributed by atoms with Crippen LogP contribution in [-0.4, -0.2) is 24.5 Å². The molecule has 26 heavy (non-hydrogen) atoms. The van der Waals surface area contributed by atoms with Gasteiger partial charge in [-0.3, -0.25) is 0 Å². The Morgan fingerprint density at radius 3 is 2.54 bits per heavy atom. The summed E-state index contributed by atoms with van der Waals surface area (Å²) in [6.45, 7) is 7.61. The van der Waals surface area contributed by atoms with Crippen molar-refractivity contribution in [2.24, 2.45) is 0 Å². The van der Waals surface area contributed by atoms with Crippen LogP contribution in [0, 0.1) is 11.3 Å². The standard InChI is InChI=1S/C24H30N2/c1-20(2)13-14-24(19-25,15-18-26-16-6-3-7-17-26)23-12-8-10-21-9-4-5-11-22(21)23/h4-5,8-13H,3,6-7,14-18H2,1-2H3/t24-/m0/s1. The molecule has 136 valence electrons. The molecule has 1 fully saturated rings. The number of piperidine rings is 1. The molecule has 3 rings (SSSR count). The number of nitriles is 1. The second-order valence-corrected chi connectivity index (χ2v) is 7.86. The fourth-order valence-electron chi connectivity index (χ4n) is 4.06. The first-order valence-electron chi connectivity index (χ1n) is 9.90.